The fraction of sp³-hybridized carbons (Fsp3) is 0.111. The number of rotatable bonds is 1. The molecule has 1 aliphatic rings. The van der Waals surface area contributed by atoms with E-state index in [9.17, 15) is 0 Å². The van der Waals surface area contributed by atoms with Gasteiger partial charge in [-0.2, -0.15) is 5.10 Å². The van der Waals surface area contributed by atoms with E-state index in [4.69, 9.17) is 0 Å². The second-order valence-electron chi connectivity index (χ2n) is 2.62. The second-order valence-corrected chi connectivity index (χ2v) is 2.62. The minimum Gasteiger partial charge on any atom is -0.283 e. The largest absolute Gasteiger partial charge is 0.364 e. The van der Waals surface area contributed by atoms with Gasteiger partial charge in [-0.15, -0.1) is 0 Å². The Labute approximate surface area is 75.4 Å². The molecule has 0 aromatic carbocycles. The van der Waals surface area contributed by atoms with E-state index in [1.807, 2.05) is 24.3 Å². The summed E-state index contributed by atoms with van der Waals surface area (Å²) in [5.41, 5.74) is 1.60. The molecule has 4 heteroatoms. The predicted molar refractivity (Wildman–Crippen MR) is 48.8 cm³/mol. The number of hydrogen-bond donors (Lipinski definition) is 1. The number of nitrogens with one attached hydrogen (secondary N) is 1. The normalized spacial score (nSPS) is 14.3. The monoisotopic (exact) mass is 173 g/mol. The number of aromatic amines is 1. The van der Waals surface area contributed by atoms with Gasteiger partial charge in [-0.1, -0.05) is 12.2 Å². The van der Waals surface area contributed by atoms with Crippen molar-refractivity contribution in [2.24, 2.45) is 5.11 Å². The van der Waals surface area contributed by atoms with E-state index < -0.39 is 0 Å². The van der Waals surface area contributed by atoms with E-state index in [-0.39, 0.29) is 0 Å². The van der Waals surface area contributed by atoms with Crippen LogP contribution in [-0.2, 0) is 0 Å². The third-order valence-electron chi connectivity index (χ3n) is 1.61. The molecule has 0 saturated heterocycles. The second kappa shape index (κ2) is 3.65. The summed E-state index contributed by atoms with van der Waals surface area (Å²) in [6.45, 7) is 0. The molecule has 0 atom stereocenters. The molecule has 4 nitrogen and oxygen atoms in total. The van der Waals surface area contributed by atoms with Crippen molar-refractivity contribution >= 4 is 11.4 Å². The number of allylic oxidation sites excluding steroid dienone is 4. The molecule has 1 aromatic heterocycles. The van der Waals surface area contributed by atoms with Crippen molar-refractivity contribution in [1.82, 2.24) is 10.2 Å². The zero-order chi connectivity index (χ0) is 8.93. The van der Waals surface area contributed by atoms with Crippen LogP contribution in [0.25, 0.3) is 0 Å². The molecule has 2 rings (SSSR count). The highest BCUT2D eigenvalue weighted by Crippen LogP contribution is 2.04. The van der Waals surface area contributed by atoms with Crippen molar-refractivity contribution in [3.63, 3.8) is 0 Å². The quantitative estimate of drug-likeness (QED) is 0.509. The standard InChI is InChI=1S/C9H8N4/c1-2-4-8(5-3-1)12-13-9-6-10-11-7-9/h2-7H,1H2/p+1. The molecule has 0 unspecified atom stereocenters. The van der Waals surface area contributed by atoms with Crippen molar-refractivity contribution in [1.29, 1.82) is 0 Å². The fourth-order valence-corrected chi connectivity index (χ4v) is 0.993. The van der Waals surface area contributed by atoms with Gasteiger partial charge in [-0.25, -0.2) is 0 Å². The molecule has 1 aliphatic carbocycles. The van der Waals surface area contributed by atoms with E-state index in [0.29, 0.717) is 0 Å². The van der Waals surface area contributed by atoms with Crippen molar-refractivity contribution in [3.8, 4) is 0 Å². The van der Waals surface area contributed by atoms with Crippen molar-refractivity contribution in [3.05, 3.63) is 36.7 Å². The number of hydrogen-bond acceptors (Lipinski definition) is 2. The van der Waals surface area contributed by atoms with Gasteiger partial charge < -0.3 is 0 Å². The van der Waals surface area contributed by atoms with Gasteiger partial charge in [-0.05, 0) is 6.42 Å². The van der Waals surface area contributed by atoms with Gasteiger partial charge in [0, 0.05) is 12.2 Å². The Morgan fingerprint density at radius 3 is 2.92 bits per heavy atom. The minimum atomic E-state index is 0.736. The molecule has 13 heavy (non-hydrogen) atoms. The van der Waals surface area contributed by atoms with Crippen LogP contribution in [0.1, 0.15) is 6.42 Å². The summed E-state index contributed by atoms with van der Waals surface area (Å²) >= 11 is 0. The Bertz CT molecular complexity index is 377. The first-order valence-electron chi connectivity index (χ1n) is 4.06. The molecular weight excluding hydrogens is 164 g/mol. The van der Waals surface area contributed by atoms with Crippen LogP contribution in [0.4, 0.5) is 5.69 Å². The Balaban J connectivity index is 2.23. The molecular formula is C9H9N4+. The lowest BCUT2D eigenvalue weighted by Gasteiger charge is -1.83. The molecule has 0 saturated carbocycles. The number of H-pyrrole nitrogens is 1. The summed E-state index contributed by atoms with van der Waals surface area (Å²) in [5.74, 6) is 0. The predicted octanol–water partition coefficient (Wildman–Crippen LogP) is 1.66. The van der Waals surface area contributed by atoms with Crippen molar-refractivity contribution in [2.75, 3.05) is 0 Å². The molecule has 0 bridgehead atoms. The van der Waals surface area contributed by atoms with Crippen LogP contribution in [0.2, 0.25) is 0 Å². The average molecular weight is 173 g/mol. The van der Waals surface area contributed by atoms with Crippen LogP contribution in [0.15, 0.2) is 41.8 Å². The lowest BCUT2D eigenvalue weighted by molar-refractivity contribution is -0.0743. The topological polar surface area (TPSA) is 55.1 Å². The van der Waals surface area contributed by atoms with Crippen LogP contribution in [-0.4, -0.2) is 20.7 Å². The van der Waals surface area contributed by atoms with E-state index in [1.54, 1.807) is 12.4 Å². The number of aromatic nitrogens is 2. The summed E-state index contributed by atoms with van der Waals surface area (Å²) < 4.78 is 0. The first-order chi connectivity index (χ1) is 6.45. The summed E-state index contributed by atoms with van der Waals surface area (Å²) in [6, 6.07) is 0. The Hall–Kier alpha value is -1.93. The van der Waals surface area contributed by atoms with Crippen molar-refractivity contribution in [2.45, 2.75) is 6.42 Å². The van der Waals surface area contributed by atoms with Crippen LogP contribution in [0.3, 0.4) is 0 Å². The van der Waals surface area contributed by atoms with Crippen LogP contribution >= 0.6 is 0 Å². The lowest BCUT2D eigenvalue weighted by Crippen LogP contribution is -1.92. The molecule has 0 fully saturated rings. The van der Waals surface area contributed by atoms with Gasteiger partial charge >= 0.3 is 5.71 Å². The van der Waals surface area contributed by atoms with Gasteiger partial charge in [0.2, 0.25) is 0 Å². The molecule has 1 heterocycles. The average Bonchev–Trinajstić information content (AvgIpc) is 2.69. The summed E-state index contributed by atoms with van der Waals surface area (Å²) in [4.78, 5) is 4.03. The summed E-state index contributed by atoms with van der Waals surface area (Å²) in [7, 11) is 0. The minimum absolute atomic E-state index is 0.736. The van der Waals surface area contributed by atoms with Gasteiger partial charge in [0.25, 0.3) is 0 Å². The molecule has 1 N–H and O–H groups in total. The van der Waals surface area contributed by atoms with E-state index in [0.717, 1.165) is 17.8 Å². The van der Waals surface area contributed by atoms with E-state index >= 15 is 0 Å². The maximum Gasteiger partial charge on any atom is 0.364 e. The first-order valence-corrected chi connectivity index (χ1v) is 4.06. The SMILES string of the molecule is C1=CC(=[N+]=Nc2cn[nH]c2)C=CC1. The highest BCUT2D eigenvalue weighted by atomic mass is 15.1. The van der Waals surface area contributed by atoms with E-state index in [1.165, 1.54) is 0 Å². The molecule has 0 aliphatic heterocycles. The van der Waals surface area contributed by atoms with Gasteiger partial charge in [-0.3, -0.25) is 5.10 Å². The highest BCUT2D eigenvalue weighted by Gasteiger charge is 2.03. The zero-order valence-corrected chi connectivity index (χ0v) is 7.01. The molecule has 0 spiro atoms. The van der Waals surface area contributed by atoms with Gasteiger partial charge in [0.15, 0.2) is 5.69 Å². The summed E-state index contributed by atoms with van der Waals surface area (Å²) in [6.07, 6.45) is 12.3. The van der Waals surface area contributed by atoms with E-state index in [2.05, 4.69) is 20.1 Å². The molecule has 0 amide bonds. The molecule has 64 valence electrons. The van der Waals surface area contributed by atoms with Gasteiger partial charge in [0.1, 0.15) is 5.11 Å². The Kier molecular flexibility index (Phi) is 2.16. The zero-order valence-electron chi connectivity index (χ0n) is 7.01. The third kappa shape index (κ3) is 2.01. The smallest absolute Gasteiger partial charge is 0.283 e. The van der Waals surface area contributed by atoms with Crippen LogP contribution in [0, 0.1) is 0 Å². The highest BCUT2D eigenvalue weighted by molar-refractivity contribution is 6.00. The molecule has 0 radical (unpaired) electrons. The Morgan fingerprint density at radius 2 is 2.23 bits per heavy atom. The fourth-order valence-electron chi connectivity index (χ4n) is 0.993. The van der Waals surface area contributed by atoms with Crippen molar-refractivity contribution < 1.29 is 4.79 Å². The number of nitrogens with zero attached hydrogens (tertiary/aromatic N) is 3. The van der Waals surface area contributed by atoms with Crippen LogP contribution < -0.4 is 0 Å². The first kappa shape index (κ1) is 7.71. The molecule has 1 aromatic rings. The lowest BCUT2D eigenvalue weighted by atomic mass is 10.2. The maximum absolute atomic E-state index is 4.03. The third-order valence-corrected chi connectivity index (χ3v) is 1.61. The van der Waals surface area contributed by atoms with Gasteiger partial charge in [0.05, 0.1) is 17.2 Å². The summed E-state index contributed by atoms with van der Waals surface area (Å²) in [5, 5.41) is 10.4. The maximum atomic E-state index is 4.03. The van der Waals surface area contributed by atoms with Crippen LogP contribution in [0.5, 0.6) is 0 Å². The Morgan fingerprint density at radius 1 is 1.38 bits per heavy atom.